The van der Waals surface area contributed by atoms with Gasteiger partial charge in [-0.1, -0.05) is 15.9 Å². The summed E-state index contributed by atoms with van der Waals surface area (Å²) in [6.07, 6.45) is 0. The molecule has 0 aromatic heterocycles. The average molecular weight is 223 g/mol. The zero-order valence-corrected chi connectivity index (χ0v) is 8.70. The minimum absolute atomic E-state index is 0.721. The number of hydrogen-bond donors (Lipinski definition) is 0. The van der Waals surface area contributed by atoms with Gasteiger partial charge in [-0.15, -0.1) is 0 Å². The van der Waals surface area contributed by atoms with Crippen LogP contribution in [0.15, 0.2) is 6.07 Å². The van der Waals surface area contributed by atoms with Gasteiger partial charge >= 0.3 is 0 Å². The second kappa shape index (κ2) is 3.73. The molecule has 1 rings (SSSR count). The Hall–Kier alpha value is -0.810. The fraction of sp³-hybridized carbons (Fsp3) is 0.300. The molecule has 0 amide bonds. The topological polar surface area (TPSA) is 23.8 Å². The molecule has 0 N–H and O–H groups in total. The van der Waals surface area contributed by atoms with Crippen molar-refractivity contribution in [3.63, 3.8) is 0 Å². The van der Waals surface area contributed by atoms with E-state index < -0.39 is 0 Å². The Labute approximate surface area is 81.2 Å². The molecule has 0 atom stereocenters. The van der Waals surface area contributed by atoms with E-state index in [1.807, 2.05) is 19.9 Å². The van der Waals surface area contributed by atoms with Crippen molar-refractivity contribution in [3.8, 4) is 6.07 Å². The van der Waals surface area contributed by atoms with Gasteiger partial charge in [0.25, 0.3) is 0 Å². The van der Waals surface area contributed by atoms with Gasteiger partial charge in [0, 0.05) is 5.33 Å². The van der Waals surface area contributed by atoms with Crippen LogP contribution >= 0.6 is 15.9 Å². The van der Waals surface area contributed by atoms with Crippen molar-refractivity contribution in [2.24, 2.45) is 0 Å². The minimum Gasteiger partial charge on any atom is -0.192 e. The van der Waals surface area contributed by atoms with E-state index in [4.69, 9.17) is 5.26 Å². The van der Waals surface area contributed by atoms with Crippen molar-refractivity contribution in [1.82, 2.24) is 0 Å². The largest absolute Gasteiger partial charge is 0.192 e. The third-order valence-corrected chi connectivity index (χ3v) is 2.34. The third-order valence-electron chi connectivity index (χ3n) is 1.78. The lowest BCUT2D eigenvalue weighted by atomic mass is 10.0. The smallest absolute Gasteiger partial charge is 0.0995 e. The molecule has 1 aromatic carbocycles. The fourth-order valence-electron chi connectivity index (χ4n) is 1.18. The fourth-order valence-corrected chi connectivity index (χ4v) is 1.91. The highest BCUT2D eigenvalue weighted by atomic mass is 79.9. The molecule has 1 aromatic rings. The van der Waals surface area contributed by atoms with Gasteiger partial charge < -0.3 is 0 Å². The van der Waals surface area contributed by atoms with E-state index in [0.717, 1.165) is 27.6 Å². The van der Waals surface area contributed by atoms with Gasteiger partial charge in [0.2, 0.25) is 0 Å². The molecule has 61 valence electrons. The van der Waals surface area contributed by atoms with Crippen LogP contribution in [0.25, 0.3) is 0 Å². The van der Waals surface area contributed by atoms with Crippen molar-refractivity contribution in [3.05, 3.63) is 34.4 Å². The zero-order chi connectivity index (χ0) is 9.14. The summed E-state index contributed by atoms with van der Waals surface area (Å²) in [6, 6.07) is 7.23. The van der Waals surface area contributed by atoms with Gasteiger partial charge in [0.1, 0.15) is 0 Å². The van der Waals surface area contributed by atoms with E-state index in [2.05, 4.69) is 28.1 Å². The molecular weight excluding hydrogens is 214 g/mol. The average Bonchev–Trinajstić information content (AvgIpc) is 2.03. The van der Waals surface area contributed by atoms with Crippen LogP contribution in [0.3, 0.4) is 0 Å². The first-order valence-electron chi connectivity index (χ1n) is 3.67. The van der Waals surface area contributed by atoms with E-state index in [1.54, 1.807) is 0 Å². The molecule has 0 spiro atoms. The summed E-state index contributed by atoms with van der Waals surface area (Å²) < 4.78 is 0. The van der Waals surface area contributed by atoms with Gasteiger partial charge in [0.15, 0.2) is 0 Å². The van der Waals surface area contributed by atoms with Crippen LogP contribution in [0.2, 0.25) is 0 Å². The van der Waals surface area contributed by atoms with Crippen molar-refractivity contribution < 1.29 is 0 Å². The highest BCUT2D eigenvalue weighted by molar-refractivity contribution is 9.08. The monoisotopic (exact) mass is 222 g/mol. The molecule has 0 aliphatic rings. The molecule has 2 heteroatoms. The number of nitrogens with zero attached hydrogens (tertiary/aromatic N) is 1. The molecule has 0 aliphatic carbocycles. The minimum atomic E-state index is 0.721. The number of halogens is 1. The molecule has 0 unspecified atom stereocenters. The quantitative estimate of drug-likeness (QED) is 0.671. The number of hydrogen-bond acceptors (Lipinski definition) is 1. The Morgan fingerprint density at radius 2 is 2.25 bits per heavy atom. The van der Waals surface area contributed by atoms with Gasteiger partial charge in [-0.25, -0.2) is 0 Å². The lowest BCUT2D eigenvalue weighted by molar-refractivity contribution is 1.25. The molecular formula is C10H9BrN. The number of nitriles is 1. The van der Waals surface area contributed by atoms with E-state index in [1.165, 1.54) is 0 Å². The lowest BCUT2D eigenvalue weighted by Crippen LogP contribution is -1.92. The number of benzene rings is 1. The van der Waals surface area contributed by atoms with Crippen LogP contribution < -0.4 is 0 Å². The molecule has 0 heterocycles. The SMILES string of the molecule is Cc1[c]c(C)c(CBr)c(C#N)c1. The molecule has 12 heavy (non-hydrogen) atoms. The molecule has 0 saturated carbocycles. The first-order chi connectivity index (χ1) is 5.69. The Bertz CT molecular complexity index is 336. The Morgan fingerprint density at radius 3 is 2.75 bits per heavy atom. The maximum Gasteiger partial charge on any atom is 0.0995 e. The lowest BCUT2D eigenvalue weighted by Gasteiger charge is -2.04. The van der Waals surface area contributed by atoms with Gasteiger partial charge in [-0.05, 0) is 42.7 Å². The zero-order valence-electron chi connectivity index (χ0n) is 7.11. The predicted molar refractivity (Wildman–Crippen MR) is 52.1 cm³/mol. The first kappa shape index (κ1) is 9.28. The predicted octanol–water partition coefficient (Wildman–Crippen LogP) is 2.87. The van der Waals surface area contributed by atoms with Crippen molar-refractivity contribution in [2.75, 3.05) is 0 Å². The normalized spacial score (nSPS) is 9.50. The Kier molecular flexibility index (Phi) is 2.88. The summed E-state index contributed by atoms with van der Waals surface area (Å²) in [5, 5.41) is 9.53. The molecule has 1 radical (unpaired) electrons. The van der Waals surface area contributed by atoms with Crippen molar-refractivity contribution in [2.45, 2.75) is 19.2 Å². The Morgan fingerprint density at radius 1 is 1.58 bits per heavy atom. The van der Waals surface area contributed by atoms with Crippen LogP contribution in [0.5, 0.6) is 0 Å². The molecule has 0 bridgehead atoms. The van der Waals surface area contributed by atoms with Crippen molar-refractivity contribution in [1.29, 1.82) is 5.26 Å². The van der Waals surface area contributed by atoms with Gasteiger partial charge in [-0.2, -0.15) is 5.26 Å². The van der Waals surface area contributed by atoms with E-state index in [-0.39, 0.29) is 0 Å². The van der Waals surface area contributed by atoms with Crippen LogP contribution in [0, 0.1) is 31.2 Å². The summed E-state index contributed by atoms with van der Waals surface area (Å²) in [4.78, 5) is 0. The van der Waals surface area contributed by atoms with Crippen LogP contribution in [-0.4, -0.2) is 0 Å². The number of rotatable bonds is 1. The number of aryl methyl sites for hydroxylation is 2. The number of alkyl halides is 1. The second-order valence-corrected chi connectivity index (χ2v) is 3.28. The van der Waals surface area contributed by atoms with Gasteiger partial charge in [-0.3, -0.25) is 0 Å². The molecule has 1 nitrogen and oxygen atoms in total. The van der Waals surface area contributed by atoms with E-state index >= 15 is 0 Å². The van der Waals surface area contributed by atoms with Crippen molar-refractivity contribution >= 4 is 15.9 Å². The van der Waals surface area contributed by atoms with Crippen LogP contribution in [0.4, 0.5) is 0 Å². The van der Waals surface area contributed by atoms with E-state index in [0.29, 0.717) is 0 Å². The molecule has 0 saturated heterocycles. The molecule has 0 fully saturated rings. The maximum absolute atomic E-state index is 8.81. The first-order valence-corrected chi connectivity index (χ1v) is 4.79. The highest BCUT2D eigenvalue weighted by Gasteiger charge is 2.04. The summed E-state index contributed by atoms with van der Waals surface area (Å²) in [5.74, 6) is 0. The third kappa shape index (κ3) is 1.67. The molecule has 0 aliphatic heterocycles. The maximum atomic E-state index is 8.81. The standard InChI is InChI=1S/C10H9BrN/c1-7-3-8(2)10(5-11)9(4-7)6-12/h4H,5H2,1-2H3. The summed E-state index contributed by atoms with van der Waals surface area (Å²) in [7, 11) is 0. The summed E-state index contributed by atoms with van der Waals surface area (Å²) >= 11 is 3.35. The second-order valence-electron chi connectivity index (χ2n) is 2.72. The summed E-state index contributed by atoms with van der Waals surface area (Å²) in [6.45, 7) is 3.93. The van der Waals surface area contributed by atoms with Gasteiger partial charge in [0.05, 0.1) is 11.6 Å². The van der Waals surface area contributed by atoms with Crippen LogP contribution in [0.1, 0.15) is 22.3 Å². The van der Waals surface area contributed by atoms with E-state index in [9.17, 15) is 0 Å². The van der Waals surface area contributed by atoms with Crippen LogP contribution in [-0.2, 0) is 5.33 Å². The summed E-state index contributed by atoms with van der Waals surface area (Å²) in [5.41, 5.74) is 3.88. The highest BCUT2D eigenvalue weighted by Crippen LogP contribution is 2.18. The Balaban J connectivity index is 3.36.